The average Bonchev–Trinajstić information content (AvgIpc) is 3.90. The zero-order valence-electron chi connectivity index (χ0n) is 33.4. The molecule has 290 valence electrons. The van der Waals surface area contributed by atoms with Crippen LogP contribution in [0, 0.1) is 0 Å². The van der Waals surface area contributed by atoms with Crippen LogP contribution in [0.3, 0.4) is 0 Å². The minimum absolute atomic E-state index is 0.516. The standard InChI is InChI=1S/C56H35N5O/c1-5-17-36(18-6-1)42-30-29-40(33-46(42)37-19-7-2-8-20-37)41-34-47(55-59-53(38-21-9-3-10-22-38)58-54(60-55)39-23-11-4-12-24-39)56(57-35-41)61-48-27-15-13-26-45(48)51-49(61)32-31-44-43-25-14-16-28-50(43)62-52(44)51/h1-35H. The van der Waals surface area contributed by atoms with E-state index in [9.17, 15) is 0 Å². The van der Waals surface area contributed by atoms with E-state index in [4.69, 9.17) is 24.4 Å². The molecule has 0 aliphatic rings. The summed E-state index contributed by atoms with van der Waals surface area (Å²) in [6, 6.07) is 71.2. The highest BCUT2D eigenvalue weighted by Gasteiger charge is 2.24. The molecule has 0 aliphatic heterocycles. The molecular weight excluding hydrogens is 759 g/mol. The van der Waals surface area contributed by atoms with Gasteiger partial charge in [0.25, 0.3) is 0 Å². The molecule has 62 heavy (non-hydrogen) atoms. The quantitative estimate of drug-likeness (QED) is 0.161. The topological polar surface area (TPSA) is 69.6 Å². The summed E-state index contributed by atoms with van der Waals surface area (Å²) < 4.78 is 8.90. The van der Waals surface area contributed by atoms with Crippen molar-refractivity contribution in [3.63, 3.8) is 0 Å². The van der Waals surface area contributed by atoms with E-state index in [1.807, 2.05) is 79.0 Å². The molecule has 0 atom stereocenters. The minimum atomic E-state index is 0.516. The van der Waals surface area contributed by atoms with Gasteiger partial charge in [0.1, 0.15) is 17.0 Å². The third kappa shape index (κ3) is 5.96. The molecule has 4 aromatic heterocycles. The van der Waals surface area contributed by atoms with Gasteiger partial charge in [0.05, 0.1) is 22.0 Å². The molecule has 6 heteroatoms. The molecule has 0 N–H and O–H groups in total. The van der Waals surface area contributed by atoms with Crippen molar-refractivity contribution in [1.82, 2.24) is 24.5 Å². The lowest BCUT2D eigenvalue weighted by atomic mass is 9.91. The van der Waals surface area contributed by atoms with Crippen molar-refractivity contribution in [3.8, 4) is 73.4 Å². The zero-order chi connectivity index (χ0) is 41.0. The molecule has 0 radical (unpaired) electrons. The summed E-state index contributed by atoms with van der Waals surface area (Å²) in [4.78, 5) is 21.0. The molecule has 0 bridgehead atoms. The highest BCUT2D eigenvalue weighted by Crippen LogP contribution is 2.43. The molecule has 12 aromatic rings. The molecule has 12 rings (SSSR count). The van der Waals surface area contributed by atoms with Crippen LogP contribution in [0.2, 0.25) is 0 Å². The Labute approximate surface area is 357 Å². The number of hydrogen-bond donors (Lipinski definition) is 0. The Hall–Kier alpha value is -8.48. The molecule has 8 aromatic carbocycles. The Morgan fingerprint density at radius 3 is 1.58 bits per heavy atom. The van der Waals surface area contributed by atoms with E-state index in [0.29, 0.717) is 23.3 Å². The van der Waals surface area contributed by atoms with Gasteiger partial charge in [-0.25, -0.2) is 19.9 Å². The Balaban J connectivity index is 1.15. The van der Waals surface area contributed by atoms with Crippen LogP contribution in [-0.2, 0) is 0 Å². The summed E-state index contributed by atoms with van der Waals surface area (Å²) in [5.41, 5.74) is 12.8. The van der Waals surface area contributed by atoms with Gasteiger partial charge in [-0.2, -0.15) is 0 Å². The largest absolute Gasteiger partial charge is 0.455 e. The van der Waals surface area contributed by atoms with E-state index < -0.39 is 0 Å². The summed E-state index contributed by atoms with van der Waals surface area (Å²) in [7, 11) is 0. The molecule has 0 unspecified atom stereocenters. The molecule has 0 spiro atoms. The Morgan fingerprint density at radius 1 is 0.355 bits per heavy atom. The normalized spacial score (nSPS) is 11.5. The molecule has 0 saturated heterocycles. The molecule has 0 saturated carbocycles. The van der Waals surface area contributed by atoms with Crippen LogP contribution < -0.4 is 0 Å². The lowest BCUT2D eigenvalue weighted by Crippen LogP contribution is -2.05. The van der Waals surface area contributed by atoms with Gasteiger partial charge >= 0.3 is 0 Å². The summed E-state index contributed by atoms with van der Waals surface area (Å²) in [6.45, 7) is 0. The van der Waals surface area contributed by atoms with E-state index in [-0.39, 0.29) is 0 Å². The number of hydrogen-bond acceptors (Lipinski definition) is 5. The summed E-state index contributed by atoms with van der Waals surface area (Å²) in [5, 5.41) is 4.26. The van der Waals surface area contributed by atoms with Gasteiger partial charge in [-0.05, 0) is 64.2 Å². The molecular formula is C56H35N5O. The van der Waals surface area contributed by atoms with Crippen molar-refractivity contribution in [1.29, 1.82) is 0 Å². The van der Waals surface area contributed by atoms with Crippen molar-refractivity contribution in [2.45, 2.75) is 0 Å². The average molecular weight is 794 g/mol. The second-order valence-electron chi connectivity index (χ2n) is 15.4. The monoisotopic (exact) mass is 793 g/mol. The molecule has 0 amide bonds. The Morgan fingerprint density at radius 2 is 0.903 bits per heavy atom. The Kier molecular flexibility index (Phi) is 8.38. The number of pyridine rings is 1. The van der Waals surface area contributed by atoms with Gasteiger partial charge in [0.15, 0.2) is 17.5 Å². The number of nitrogens with zero attached hydrogens (tertiary/aromatic N) is 5. The van der Waals surface area contributed by atoms with Crippen molar-refractivity contribution in [2.75, 3.05) is 0 Å². The first-order valence-corrected chi connectivity index (χ1v) is 20.7. The number of para-hydroxylation sites is 2. The van der Waals surface area contributed by atoms with Crippen molar-refractivity contribution in [3.05, 3.63) is 212 Å². The fraction of sp³-hybridized carbons (Fsp3) is 0. The van der Waals surface area contributed by atoms with E-state index in [1.54, 1.807) is 0 Å². The lowest BCUT2D eigenvalue weighted by Gasteiger charge is -2.16. The van der Waals surface area contributed by atoms with Crippen LogP contribution in [0.1, 0.15) is 0 Å². The predicted molar refractivity (Wildman–Crippen MR) is 252 cm³/mol. The fourth-order valence-corrected chi connectivity index (χ4v) is 8.80. The maximum absolute atomic E-state index is 6.67. The first-order valence-electron chi connectivity index (χ1n) is 20.7. The molecule has 0 fully saturated rings. The third-order valence-electron chi connectivity index (χ3n) is 11.7. The minimum Gasteiger partial charge on any atom is -0.455 e. The van der Waals surface area contributed by atoms with Crippen LogP contribution in [0.5, 0.6) is 0 Å². The van der Waals surface area contributed by atoms with E-state index in [1.165, 1.54) is 0 Å². The van der Waals surface area contributed by atoms with Crippen LogP contribution in [-0.4, -0.2) is 24.5 Å². The molecule has 4 heterocycles. The van der Waals surface area contributed by atoms with Crippen molar-refractivity contribution in [2.24, 2.45) is 0 Å². The van der Waals surface area contributed by atoms with E-state index >= 15 is 0 Å². The van der Waals surface area contributed by atoms with E-state index in [2.05, 4.69) is 138 Å². The number of furan rings is 1. The Bertz CT molecular complexity index is 3560. The predicted octanol–water partition coefficient (Wildman–Crippen LogP) is 14.3. The number of benzene rings is 8. The van der Waals surface area contributed by atoms with Crippen LogP contribution in [0.4, 0.5) is 0 Å². The smallest absolute Gasteiger partial charge is 0.167 e. The maximum atomic E-state index is 6.67. The summed E-state index contributed by atoms with van der Waals surface area (Å²) in [5.74, 6) is 2.37. The van der Waals surface area contributed by atoms with Gasteiger partial charge in [-0.1, -0.05) is 170 Å². The molecule has 6 nitrogen and oxygen atoms in total. The van der Waals surface area contributed by atoms with Gasteiger partial charge in [-0.3, -0.25) is 4.57 Å². The van der Waals surface area contributed by atoms with Crippen LogP contribution >= 0.6 is 0 Å². The third-order valence-corrected chi connectivity index (χ3v) is 11.7. The number of aromatic nitrogens is 5. The second kappa shape index (κ2) is 14.7. The van der Waals surface area contributed by atoms with Crippen molar-refractivity contribution >= 4 is 43.7 Å². The summed E-state index contributed by atoms with van der Waals surface area (Å²) in [6.07, 6.45) is 1.98. The molecule has 0 aliphatic carbocycles. The maximum Gasteiger partial charge on any atom is 0.167 e. The van der Waals surface area contributed by atoms with Crippen LogP contribution in [0.25, 0.3) is 117 Å². The van der Waals surface area contributed by atoms with Crippen molar-refractivity contribution < 1.29 is 4.42 Å². The first-order chi connectivity index (χ1) is 30.7. The first kappa shape index (κ1) is 35.5. The van der Waals surface area contributed by atoms with Crippen LogP contribution in [0.15, 0.2) is 217 Å². The highest BCUT2D eigenvalue weighted by atomic mass is 16.3. The van der Waals surface area contributed by atoms with Gasteiger partial charge in [0, 0.05) is 39.0 Å². The van der Waals surface area contributed by atoms with Gasteiger partial charge in [-0.15, -0.1) is 0 Å². The SMILES string of the molecule is c1ccc(-c2nc(-c3ccccc3)nc(-c3cc(-c4ccc(-c5ccccc5)c(-c5ccccc5)c4)cnc3-n3c4ccccc4c4c5oc6ccccc6c5ccc43)n2)cc1. The van der Waals surface area contributed by atoms with E-state index in [0.717, 1.165) is 93.8 Å². The summed E-state index contributed by atoms with van der Waals surface area (Å²) >= 11 is 0. The zero-order valence-corrected chi connectivity index (χ0v) is 33.4. The van der Waals surface area contributed by atoms with Gasteiger partial charge in [0.2, 0.25) is 0 Å². The second-order valence-corrected chi connectivity index (χ2v) is 15.4. The number of rotatable bonds is 7. The fourth-order valence-electron chi connectivity index (χ4n) is 8.80. The van der Waals surface area contributed by atoms with Gasteiger partial charge < -0.3 is 4.42 Å². The lowest BCUT2D eigenvalue weighted by molar-refractivity contribution is 0.673. The highest BCUT2D eigenvalue weighted by molar-refractivity contribution is 6.24. The number of fused-ring (bicyclic) bond motifs is 7.